The monoisotopic (exact) mass is 173 g/mol. The van der Waals surface area contributed by atoms with E-state index in [0.717, 1.165) is 6.54 Å². The van der Waals surface area contributed by atoms with Crippen molar-refractivity contribution in [2.24, 2.45) is 0 Å². The Labute approximate surface area is 75.6 Å². The molecule has 0 amide bonds. The van der Waals surface area contributed by atoms with Gasteiger partial charge >= 0.3 is 0 Å². The van der Waals surface area contributed by atoms with Crippen LogP contribution >= 0.6 is 12.2 Å². The Bertz CT molecular complexity index is 83.6. The Balaban J connectivity index is 2.74. The normalized spacial score (nSPS) is 9.55. The van der Waals surface area contributed by atoms with E-state index in [0.29, 0.717) is 0 Å². The van der Waals surface area contributed by atoms with Crippen LogP contribution in [0.2, 0.25) is 0 Å². The summed E-state index contributed by atoms with van der Waals surface area (Å²) in [6.07, 6.45) is 8.10. The Morgan fingerprint density at radius 3 is 2.36 bits per heavy atom. The molecule has 0 aromatic rings. The zero-order valence-corrected chi connectivity index (χ0v) is 8.25. The average molecular weight is 173 g/mol. The number of nitrogens with one attached hydrogen (secondary N) is 1. The van der Waals surface area contributed by atoms with Crippen molar-refractivity contribution >= 4 is 17.7 Å². The molecule has 0 saturated carbocycles. The fourth-order valence-electron chi connectivity index (χ4n) is 1.07. The highest BCUT2D eigenvalue weighted by Crippen LogP contribution is 2.03. The third-order valence-electron chi connectivity index (χ3n) is 1.76. The van der Waals surface area contributed by atoms with Crippen molar-refractivity contribution in [1.82, 2.24) is 5.32 Å². The first-order valence-electron chi connectivity index (χ1n) is 4.59. The van der Waals surface area contributed by atoms with E-state index in [1.807, 2.05) is 0 Å². The van der Waals surface area contributed by atoms with E-state index < -0.39 is 0 Å². The fraction of sp³-hybridized carbons (Fsp3) is 0.889. The molecule has 66 valence electrons. The fourth-order valence-corrected chi connectivity index (χ4v) is 1.18. The predicted molar refractivity (Wildman–Crippen MR) is 55.0 cm³/mol. The number of rotatable bonds is 8. The van der Waals surface area contributed by atoms with Crippen LogP contribution in [0.3, 0.4) is 0 Å². The van der Waals surface area contributed by atoms with Gasteiger partial charge in [-0.2, -0.15) is 0 Å². The Morgan fingerprint density at radius 2 is 1.73 bits per heavy atom. The maximum absolute atomic E-state index is 4.64. The van der Waals surface area contributed by atoms with Crippen molar-refractivity contribution in [3.05, 3.63) is 0 Å². The summed E-state index contributed by atoms with van der Waals surface area (Å²) in [6.45, 7) is 3.29. The van der Waals surface area contributed by atoms with Crippen LogP contribution in [-0.4, -0.2) is 12.0 Å². The summed E-state index contributed by atoms with van der Waals surface area (Å²) >= 11 is 4.64. The average Bonchev–Trinajstić information content (AvgIpc) is 2.03. The van der Waals surface area contributed by atoms with Crippen molar-refractivity contribution in [2.75, 3.05) is 6.54 Å². The molecule has 0 unspecified atom stereocenters. The van der Waals surface area contributed by atoms with Gasteiger partial charge in [0.1, 0.15) is 0 Å². The van der Waals surface area contributed by atoms with E-state index in [1.54, 1.807) is 5.49 Å². The molecule has 2 heteroatoms. The topological polar surface area (TPSA) is 12.0 Å². The lowest BCUT2D eigenvalue weighted by molar-refractivity contribution is 0.604. The van der Waals surface area contributed by atoms with Gasteiger partial charge in [0, 0.05) is 6.54 Å². The first-order valence-corrected chi connectivity index (χ1v) is 5.06. The van der Waals surface area contributed by atoms with Gasteiger partial charge in [0.2, 0.25) is 0 Å². The molecular formula is C9H19NS. The summed E-state index contributed by atoms with van der Waals surface area (Å²) in [5.74, 6) is 0. The standard InChI is InChI=1S/C9H19NS/c1-2-3-4-5-6-7-8-10-9-11/h9H,2-8H2,1H3,(H,10,11). The van der Waals surface area contributed by atoms with Crippen LogP contribution in [0, 0.1) is 0 Å². The van der Waals surface area contributed by atoms with Crippen molar-refractivity contribution in [3.63, 3.8) is 0 Å². The van der Waals surface area contributed by atoms with Crippen molar-refractivity contribution in [2.45, 2.75) is 45.4 Å². The second-order valence-electron chi connectivity index (χ2n) is 2.84. The summed E-state index contributed by atoms with van der Waals surface area (Å²) in [4.78, 5) is 0. The Hall–Kier alpha value is -0.110. The largest absolute Gasteiger partial charge is 0.382 e. The van der Waals surface area contributed by atoms with E-state index in [4.69, 9.17) is 0 Å². The van der Waals surface area contributed by atoms with Gasteiger partial charge < -0.3 is 5.32 Å². The highest BCUT2D eigenvalue weighted by Gasteiger charge is 1.87. The minimum absolute atomic E-state index is 1.05. The van der Waals surface area contributed by atoms with Crippen LogP contribution in [0.25, 0.3) is 0 Å². The molecule has 0 atom stereocenters. The molecule has 0 rings (SSSR count). The second-order valence-corrected chi connectivity index (χ2v) is 3.08. The summed E-state index contributed by atoms with van der Waals surface area (Å²) in [5.41, 5.74) is 1.60. The molecule has 0 aliphatic rings. The maximum atomic E-state index is 4.64. The number of hydrogen-bond donors (Lipinski definition) is 1. The van der Waals surface area contributed by atoms with E-state index in [2.05, 4.69) is 24.5 Å². The van der Waals surface area contributed by atoms with E-state index in [-0.39, 0.29) is 0 Å². The summed E-state index contributed by atoms with van der Waals surface area (Å²) < 4.78 is 0. The lowest BCUT2D eigenvalue weighted by Crippen LogP contribution is -2.10. The first-order chi connectivity index (χ1) is 5.41. The van der Waals surface area contributed by atoms with Crippen LogP contribution in [-0.2, 0) is 0 Å². The lowest BCUT2D eigenvalue weighted by Gasteiger charge is -1.99. The third kappa shape index (κ3) is 9.89. The Kier molecular flexibility index (Phi) is 9.79. The minimum Gasteiger partial charge on any atom is -0.382 e. The van der Waals surface area contributed by atoms with Crippen LogP contribution < -0.4 is 5.32 Å². The summed E-state index contributed by atoms with van der Waals surface area (Å²) in [7, 11) is 0. The number of thiocarbonyl (C=S) groups is 1. The van der Waals surface area contributed by atoms with Gasteiger partial charge in [0.05, 0.1) is 5.49 Å². The molecular weight excluding hydrogens is 154 g/mol. The van der Waals surface area contributed by atoms with Crippen molar-refractivity contribution in [1.29, 1.82) is 0 Å². The first kappa shape index (κ1) is 10.9. The van der Waals surface area contributed by atoms with E-state index in [9.17, 15) is 0 Å². The smallest absolute Gasteiger partial charge is 0.0614 e. The van der Waals surface area contributed by atoms with Gasteiger partial charge in [-0.3, -0.25) is 0 Å². The van der Waals surface area contributed by atoms with Gasteiger partial charge in [-0.1, -0.05) is 51.2 Å². The number of hydrogen-bond acceptors (Lipinski definition) is 1. The molecule has 0 fully saturated rings. The van der Waals surface area contributed by atoms with Crippen molar-refractivity contribution < 1.29 is 0 Å². The van der Waals surface area contributed by atoms with Crippen LogP contribution in [0.1, 0.15) is 45.4 Å². The molecule has 0 saturated heterocycles. The van der Waals surface area contributed by atoms with Gasteiger partial charge in [-0.25, -0.2) is 0 Å². The molecule has 0 radical (unpaired) electrons. The van der Waals surface area contributed by atoms with Crippen LogP contribution in [0.5, 0.6) is 0 Å². The lowest BCUT2D eigenvalue weighted by atomic mass is 10.1. The zero-order chi connectivity index (χ0) is 8.36. The molecule has 11 heavy (non-hydrogen) atoms. The number of unbranched alkanes of at least 4 members (excludes halogenated alkanes) is 5. The molecule has 0 heterocycles. The van der Waals surface area contributed by atoms with Gasteiger partial charge in [-0.05, 0) is 6.42 Å². The Morgan fingerprint density at radius 1 is 1.09 bits per heavy atom. The van der Waals surface area contributed by atoms with Crippen molar-refractivity contribution in [3.8, 4) is 0 Å². The molecule has 0 aliphatic heterocycles. The third-order valence-corrected chi connectivity index (χ3v) is 1.92. The van der Waals surface area contributed by atoms with Crippen LogP contribution in [0.15, 0.2) is 0 Å². The molecule has 0 spiro atoms. The molecule has 0 bridgehead atoms. The van der Waals surface area contributed by atoms with Gasteiger partial charge in [-0.15, -0.1) is 0 Å². The zero-order valence-electron chi connectivity index (χ0n) is 7.44. The maximum Gasteiger partial charge on any atom is 0.0614 e. The highest BCUT2D eigenvalue weighted by atomic mass is 32.1. The van der Waals surface area contributed by atoms with E-state index in [1.165, 1.54) is 38.5 Å². The van der Waals surface area contributed by atoms with Gasteiger partial charge in [0.25, 0.3) is 0 Å². The highest BCUT2D eigenvalue weighted by molar-refractivity contribution is 7.78. The van der Waals surface area contributed by atoms with Gasteiger partial charge in [0.15, 0.2) is 0 Å². The quantitative estimate of drug-likeness (QED) is 0.447. The predicted octanol–water partition coefficient (Wildman–Crippen LogP) is 2.89. The summed E-state index contributed by atoms with van der Waals surface area (Å²) in [6, 6.07) is 0. The second kappa shape index (κ2) is 9.89. The molecule has 0 aromatic heterocycles. The molecule has 0 aliphatic carbocycles. The minimum atomic E-state index is 1.05. The summed E-state index contributed by atoms with van der Waals surface area (Å²) in [5, 5.41) is 3.03. The van der Waals surface area contributed by atoms with E-state index >= 15 is 0 Å². The molecule has 0 aromatic carbocycles. The molecule has 1 N–H and O–H groups in total. The SMILES string of the molecule is CCCCCCCCNC=S. The van der Waals surface area contributed by atoms with Crippen LogP contribution in [0.4, 0.5) is 0 Å². The molecule has 1 nitrogen and oxygen atoms in total.